The number of nitrogens with zero attached hydrogens (tertiary/aromatic N) is 1. The van der Waals surface area contributed by atoms with Crippen molar-refractivity contribution in [3.05, 3.63) is 16.1 Å². The fraction of sp³-hybridized carbons (Fsp3) is 0.800. The molecule has 2 nitrogen and oxygen atoms in total. The normalized spacial score (nSPS) is 26.5. The summed E-state index contributed by atoms with van der Waals surface area (Å²) in [5.41, 5.74) is 7.71. The minimum absolute atomic E-state index is 0.153. The molecule has 0 spiro atoms. The molecular weight excluding hydrogens is 240 g/mol. The van der Waals surface area contributed by atoms with Crippen molar-refractivity contribution in [1.82, 2.24) is 4.98 Å². The molecule has 102 valence electrons. The summed E-state index contributed by atoms with van der Waals surface area (Å²) in [5, 5.41) is 3.41. The predicted octanol–water partition coefficient (Wildman–Crippen LogP) is 3.75. The van der Waals surface area contributed by atoms with Gasteiger partial charge in [-0.1, -0.05) is 34.1 Å². The number of hydrogen-bond acceptors (Lipinski definition) is 3. The Labute approximate surface area is 115 Å². The number of nitrogens with two attached hydrogens (primary N) is 1. The van der Waals surface area contributed by atoms with Crippen molar-refractivity contribution in [3.63, 3.8) is 0 Å². The first-order valence-electron chi connectivity index (χ1n) is 7.06. The molecule has 0 aliphatic heterocycles. The maximum absolute atomic E-state index is 6.36. The third-order valence-corrected chi connectivity index (χ3v) is 4.94. The van der Waals surface area contributed by atoms with E-state index in [9.17, 15) is 0 Å². The van der Waals surface area contributed by atoms with Gasteiger partial charge in [0.25, 0.3) is 0 Å². The predicted molar refractivity (Wildman–Crippen MR) is 79.0 cm³/mol. The van der Waals surface area contributed by atoms with E-state index in [4.69, 9.17) is 10.7 Å². The fourth-order valence-electron chi connectivity index (χ4n) is 2.76. The van der Waals surface area contributed by atoms with Crippen LogP contribution in [0.15, 0.2) is 5.38 Å². The zero-order valence-corrected chi connectivity index (χ0v) is 12.9. The molecule has 1 aliphatic rings. The van der Waals surface area contributed by atoms with Crippen LogP contribution < -0.4 is 5.73 Å². The Kier molecular flexibility index (Phi) is 4.12. The molecule has 0 bridgehead atoms. The van der Waals surface area contributed by atoms with Crippen molar-refractivity contribution < 1.29 is 0 Å². The summed E-state index contributed by atoms with van der Waals surface area (Å²) in [6.45, 7) is 8.98. The Bertz CT molecular complexity index is 391. The maximum Gasteiger partial charge on any atom is 0.0944 e. The van der Waals surface area contributed by atoms with Crippen molar-refractivity contribution >= 4 is 11.3 Å². The van der Waals surface area contributed by atoms with Gasteiger partial charge in [-0.2, -0.15) is 0 Å². The monoisotopic (exact) mass is 266 g/mol. The van der Waals surface area contributed by atoms with Gasteiger partial charge in [0.15, 0.2) is 0 Å². The summed E-state index contributed by atoms with van der Waals surface area (Å²) in [7, 11) is 0. The molecule has 0 radical (unpaired) electrons. The second-order valence-corrected chi connectivity index (χ2v) is 7.87. The van der Waals surface area contributed by atoms with E-state index >= 15 is 0 Å². The van der Waals surface area contributed by atoms with Crippen LogP contribution in [0.3, 0.4) is 0 Å². The van der Waals surface area contributed by atoms with Gasteiger partial charge in [0.2, 0.25) is 0 Å². The Morgan fingerprint density at radius 3 is 2.67 bits per heavy atom. The van der Waals surface area contributed by atoms with Gasteiger partial charge < -0.3 is 5.73 Å². The highest BCUT2D eigenvalue weighted by Crippen LogP contribution is 2.33. The van der Waals surface area contributed by atoms with E-state index in [0.29, 0.717) is 12.0 Å². The molecule has 18 heavy (non-hydrogen) atoms. The van der Waals surface area contributed by atoms with Crippen LogP contribution in [0.5, 0.6) is 0 Å². The van der Waals surface area contributed by atoms with Gasteiger partial charge in [-0.05, 0) is 24.7 Å². The standard InChI is InChI=1S/C15H26N2S/c1-10-5-6-11(7-10)12(16)8-14-17-13(9-18-14)15(2,3)4/h9-12H,5-8,16H2,1-4H3. The number of hydrogen-bond donors (Lipinski definition) is 1. The first-order chi connectivity index (χ1) is 8.36. The molecule has 3 unspecified atom stereocenters. The Morgan fingerprint density at radius 2 is 2.17 bits per heavy atom. The van der Waals surface area contributed by atoms with Gasteiger partial charge in [0.1, 0.15) is 0 Å². The van der Waals surface area contributed by atoms with Crippen LogP contribution in [0.2, 0.25) is 0 Å². The molecule has 1 aromatic heterocycles. The SMILES string of the molecule is CC1CCC(C(N)Cc2nc(C(C)(C)C)cs2)C1. The molecule has 1 aromatic rings. The minimum Gasteiger partial charge on any atom is -0.327 e. The van der Waals surface area contributed by atoms with Gasteiger partial charge in [-0.15, -0.1) is 11.3 Å². The minimum atomic E-state index is 0.153. The van der Waals surface area contributed by atoms with Crippen LogP contribution in [0.1, 0.15) is 57.7 Å². The molecule has 2 rings (SSSR count). The first kappa shape index (κ1) is 14.0. The molecule has 1 saturated carbocycles. The van der Waals surface area contributed by atoms with E-state index in [1.54, 1.807) is 11.3 Å². The lowest BCUT2D eigenvalue weighted by Crippen LogP contribution is -2.31. The van der Waals surface area contributed by atoms with E-state index in [1.807, 2.05) is 0 Å². The second-order valence-electron chi connectivity index (χ2n) is 6.92. The van der Waals surface area contributed by atoms with Crippen molar-refractivity contribution in [1.29, 1.82) is 0 Å². The summed E-state index contributed by atoms with van der Waals surface area (Å²) >= 11 is 1.77. The van der Waals surface area contributed by atoms with Gasteiger partial charge in [-0.25, -0.2) is 4.98 Å². The number of aromatic nitrogens is 1. The van der Waals surface area contributed by atoms with Crippen LogP contribution in [0.4, 0.5) is 0 Å². The molecule has 2 N–H and O–H groups in total. The largest absolute Gasteiger partial charge is 0.327 e. The van der Waals surface area contributed by atoms with Crippen molar-refractivity contribution in [2.45, 2.75) is 64.8 Å². The van der Waals surface area contributed by atoms with E-state index in [1.165, 1.54) is 30.0 Å². The number of rotatable bonds is 3. The molecule has 0 aromatic carbocycles. The fourth-order valence-corrected chi connectivity index (χ4v) is 3.85. The lowest BCUT2D eigenvalue weighted by Gasteiger charge is -2.18. The van der Waals surface area contributed by atoms with Crippen molar-refractivity contribution in [3.8, 4) is 0 Å². The van der Waals surface area contributed by atoms with Crippen LogP contribution >= 0.6 is 11.3 Å². The summed E-state index contributed by atoms with van der Waals surface area (Å²) in [6, 6.07) is 0.300. The summed E-state index contributed by atoms with van der Waals surface area (Å²) in [6.07, 6.45) is 4.92. The topological polar surface area (TPSA) is 38.9 Å². The summed E-state index contributed by atoms with van der Waals surface area (Å²) < 4.78 is 0. The van der Waals surface area contributed by atoms with E-state index in [-0.39, 0.29) is 5.41 Å². The van der Waals surface area contributed by atoms with Crippen molar-refractivity contribution in [2.75, 3.05) is 0 Å². The van der Waals surface area contributed by atoms with Crippen LogP contribution in [0, 0.1) is 11.8 Å². The highest BCUT2D eigenvalue weighted by molar-refractivity contribution is 7.09. The average molecular weight is 266 g/mol. The summed E-state index contributed by atoms with van der Waals surface area (Å²) in [5.74, 6) is 1.57. The van der Waals surface area contributed by atoms with E-state index in [0.717, 1.165) is 12.3 Å². The smallest absolute Gasteiger partial charge is 0.0944 e. The average Bonchev–Trinajstić information content (AvgIpc) is 2.85. The molecule has 3 atom stereocenters. The maximum atomic E-state index is 6.36. The Hall–Kier alpha value is -0.410. The van der Waals surface area contributed by atoms with Gasteiger partial charge in [0.05, 0.1) is 10.7 Å². The number of thiazole rings is 1. The van der Waals surface area contributed by atoms with E-state index in [2.05, 4.69) is 33.1 Å². The summed E-state index contributed by atoms with van der Waals surface area (Å²) in [4.78, 5) is 4.75. The second kappa shape index (κ2) is 5.30. The highest BCUT2D eigenvalue weighted by atomic mass is 32.1. The highest BCUT2D eigenvalue weighted by Gasteiger charge is 2.27. The van der Waals surface area contributed by atoms with Gasteiger partial charge >= 0.3 is 0 Å². The molecular formula is C15H26N2S. The molecule has 0 saturated heterocycles. The Balaban J connectivity index is 1.95. The molecule has 0 amide bonds. The van der Waals surface area contributed by atoms with Crippen LogP contribution in [-0.4, -0.2) is 11.0 Å². The molecule has 3 heteroatoms. The zero-order chi connectivity index (χ0) is 13.3. The van der Waals surface area contributed by atoms with Gasteiger partial charge in [-0.3, -0.25) is 0 Å². The third-order valence-electron chi connectivity index (χ3n) is 4.07. The lowest BCUT2D eigenvalue weighted by molar-refractivity contribution is 0.414. The van der Waals surface area contributed by atoms with Gasteiger partial charge in [0, 0.05) is 23.3 Å². The third kappa shape index (κ3) is 3.33. The molecule has 1 aliphatic carbocycles. The Morgan fingerprint density at radius 1 is 1.44 bits per heavy atom. The lowest BCUT2D eigenvalue weighted by atomic mass is 9.93. The van der Waals surface area contributed by atoms with Crippen LogP contribution in [-0.2, 0) is 11.8 Å². The quantitative estimate of drug-likeness (QED) is 0.905. The van der Waals surface area contributed by atoms with Crippen molar-refractivity contribution in [2.24, 2.45) is 17.6 Å². The molecule has 1 fully saturated rings. The van der Waals surface area contributed by atoms with Crippen LogP contribution in [0.25, 0.3) is 0 Å². The van der Waals surface area contributed by atoms with E-state index < -0.39 is 0 Å². The zero-order valence-electron chi connectivity index (χ0n) is 12.1. The first-order valence-corrected chi connectivity index (χ1v) is 7.94. The molecule has 1 heterocycles.